The van der Waals surface area contributed by atoms with Crippen LogP contribution in [0.5, 0.6) is 0 Å². The summed E-state index contributed by atoms with van der Waals surface area (Å²) in [4.78, 5) is 3.89. The maximum Gasteiger partial charge on any atom is 0.228 e. The topological polar surface area (TPSA) is 63.0 Å². The molecule has 0 fully saturated rings. The monoisotopic (exact) mass is 214 g/mol. The quantitative estimate of drug-likeness (QED) is 0.711. The molecule has 5 nitrogen and oxygen atoms in total. The first-order valence-electron chi connectivity index (χ1n) is 4.48. The Hall–Kier alpha value is -1.17. The smallest absolute Gasteiger partial charge is 0.228 e. The molecule has 0 unspecified atom stereocenters. The van der Waals surface area contributed by atoms with Crippen LogP contribution in [-0.2, 0) is 6.42 Å². The van der Waals surface area contributed by atoms with E-state index in [2.05, 4.69) is 20.8 Å². The SMILES string of the molecule is CC(C)NC(=S)NCCc1ncno1. The molecule has 6 heteroatoms. The van der Waals surface area contributed by atoms with Crippen LogP contribution in [0.15, 0.2) is 10.9 Å². The van der Waals surface area contributed by atoms with Crippen LogP contribution in [0.3, 0.4) is 0 Å². The van der Waals surface area contributed by atoms with Crippen LogP contribution >= 0.6 is 12.2 Å². The highest BCUT2D eigenvalue weighted by Gasteiger charge is 2.00. The fourth-order valence-electron chi connectivity index (χ4n) is 0.902. The van der Waals surface area contributed by atoms with Crippen LogP contribution in [0.4, 0.5) is 0 Å². The van der Waals surface area contributed by atoms with E-state index < -0.39 is 0 Å². The van der Waals surface area contributed by atoms with Gasteiger partial charge in [0.25, 0.3) is 0 Å². The van der Waals surface area contributed by atoms with Crippen LogP contribution in [0.1, 0.15) is 19.7 Å². The molecular weight excluding hydrogens is 200 g/mol. The maximum atomic E-state index is 5.04. The summed E-state index contributed by atoms with van der Waals surface area (Å²) >= 11 is 5.04. The summed E-state index contributed by atoms with van der Waals surface area (Å²) < 4.78 is 4.83. The maximum absolute atomic E-state index is 5.04. The predicted octanol–water partition coefficient (Wildman–Crippen LogP) is 0.485. The average molecular weight is 214 g/mol. The van der Waals surface area contributed by atoms with Crippen molar-refractivity contribution >= 4 is 17.3 Å². The molecule has 1 rings (SSSR count). The third kappa shape index (κ3) is 4.18. The van der Waals surface area contributed by atoms with Gasteiger partial charge in [0, 0.05) is 19.0 Å². The fourth-order valence-corrected chi connectivity index (χ4v) is 1.24. The van der Waals surface area contributed by atoms with Crippen molar-refractivity contribution in [3.63, 3.8) is 0 Å². The Morgan fingerprint density at radius 3 is 3.00 bits per heavy atom. The number of aromatic nitrogens is 2. The molecule has 0 aliphatic rings. The molecule has 1 aromatic heterocycles. The van der Waals surface area contributed by atoms with Crippen molar-refractivity contribution in [2.24, 2.45) is 0 Å². The van der Waals surface area contributed by atoms with Gasteiger partial charge in [-0.1, -0.05) is 5.16 Å². The molecule has 78 valence electrons. The Labute approximate surface area is 88.3 Å². The zero-order valence-corrected chi connectivity index (χ0v) is 9.10. The van der Waals surface area contributed by atoms with Gasteiger partial charge in [0.15, 0.2) is 11.4 Å². The molecule has 0 aromatic carbocycles. The van der Waals surface area contributed by atoms with Crippen LogP contribution in [0.25, 0.3) is 0 Å². The van der Waals surface area contributed by atoms with Crippen molar-refractivity contribution in [2.45, 2.75) is 26.3 Å². The van der Waals surface area contributed by atoms with Crippen molar-refractivity contribution in [1.29, 1.82) is 0 Å². The normalized spacial score (nSPS) is 10.2. The second-order valence-electron chi connectivity index (χ2n) is 3.14. The molecule has 0 spiro atoms. The van der Waals surface area contributed by atoms with E-state index in [1.165, 1.54) is 6.33 Å². The Bertz CT molecular complexity index is 273. The molecule has 0 atom stereocenters. The molecule has 0 amide bonds. The van der Waals surface area contributed by atoms with Gasteiger partial charge in [-0.25, -0.2) is 0 Å². The van der Waals surface area contributed by atoms with E-state index in [1.807, 2.05) is 13.8 Å². The fraction of sp³-hybridized carbons (Fsp3) is 0.625. The van der Waals surface area contributed by atoms with Gasteiger partial charge in [-0.3, -0.25) is 0 Å². The molecule has 1 aromatic rings. The highest BCUT2D eigenvalue weighted by molar-refractivity contribution is 7.80. The van der Waals surface area contributed by atoms with E-state index >= 15 is 0 Å². The largest absolute Gasteiger partial charge is 0.362 e. The number of nitrogens with one attached hydrogen (secondary N) is 2. The molecule has 0 aliphatic heterocycles. The molecule has 0 radical (unpaired) electrons. The van der Waals surface area contributed by atoms with Crippen molar-refractivity contribution in [3.05, 3.63) is 12.2 Å². The van der Waals surface area contributed by atoms with Crippen LogP contribution in [0.2, 0.25) is 0 Å². The second kappa shape index (κ2) is 5.54. The molecule has 0 bridgehead atoms. The van der Waals surface area contributed by atoms with Gasteiger partial charge in [-0.2, -0.15) is 4.98 Å². The third-order valence-corrected chi connectivity index (χ3v) is 1.71. The van der Waals surface area contributed by atoms with E-state index in [9.17, 15) is 0 Å². The summed E-state index contributed by atoms with van der Waals surface area (Å²) in [5.74, 6) is 0.616. The van der Waals surface area contributed by atoms with E-state index in [-0.39, 0.29) is 0 Å². The van der Waals surface area contributed by atoms with Crippen LogP contribution < -0.4 is 10.6 Å². The Balaban J connectivity index is 2.12. The lowest BCUT2D eigenvalue weighted by Gasteiger charge is -2.11. The minimum absolute atomic E-state index is 0.346. The first kappa shape index (κ1) is 10.9. The first-order chi connectivity index (χ1) is 6.68. The second-order valence-corrected chi connectivity index (χ2v) is 3.55. The van der Waals surface area contributed by atoms with Gasteiger partial charge in [0.05, 0.1) is 0 Å². The highest BCUT2D eigenvalue weighted by atomic mass is 32.1. The van der Waals surface area contributed by atoms with Crippen molar-refractivity contribution in [3.8, 4) is 0 Å². The van der Waals surface area contributed by atoms with Crippen molar-refractivity contribution in [1.82, 2.24) is 20.8 Å². The Morgan fingerprint density at radius 2 is 2.43 bits per heavy atom. The standard InChI is InChI=1S/C8H14N4OS/c1-6(2)12-8(14)9-4-3-7-10-5-11-13-7/h5-6H,3-4H2,1-2H3,(H2,9,12,14). The Morgan fingerprint density at radius 1 is 1.64 bits per heavy atom. The lowest BCUT2D eigenvalue weighted by atomic mass is 10.4. The summed E-state index contributed by atoms with van der Waals surface area (Å²) in [5, 5.41) is 10.3. The van der Waals surface area contributed by atoms with Crippen molar-refractivity contribution < 1.29 is 4.52 Å². The first-order valence-corrected chi connectivity index (χ1v) is 4.89. The number of hydrogen-bond acceptors (Lipinski definition) is 4. The molecule has 1 heterocycles. The Kier molecular flexibility index (Phi) is 4.31. The van der Waals surface area contributed by atoms with Gasteiger partial charge in [-0.15, -0.1) is 0 Å². The zero-order valence-electron chi connectivity index (χ0n) is 8.28. The average Bonchev–Trinajstić information content (AvgIpc) is 2.55. The van der Waals surface area contributed by atoms with Gasteiger partial charge in [-0.05, 0) is 26.1 Å². The highest BCUT2D eigenvalue weighted by Crippen LogP contribution is 1.90. The summed E-state index contributed by atoms with van der Waals surface area (Å²) in [5.41, 5.74) is 0. The van der Waals surface area contributed by atoms with Gasteiger partial charge in [0.1, 0.15) is 0 Å². The zero-order chi connectivity index (χ0) is 10.4. The van der Waals surface area contributed by atoms with Gasteiger partial charge in [0.2, 0.25) is 5.89 Å². The van der Waals surface area contributed by atoms with Gasteiger partial charge < -0.3 is 15.2 Å². The summed E-state index contributed by atoms with van der Waals surface area (Å²) in [7, 11) is 0. The number of hydrogen-bond donors (Lipinski definition) is 2. The van der Waals surface area contributed by atoms with Crippen LogP contribution in [0, 0.1) is 0 Å². The van der Waals surface area contributed by atoms with Gasteiger partial charge >= 0.3 is 0 Å². The lowest BCUT2D eigenvalue weighted by molar-refractivity contribution is 0.377. The number of rotatable bonds is 4. The molecular formula is C8H14N4OS. The lowest BCUT2D eigenvalue weighted by Crippen LogP contribution is -2.40. The molecule has 2 N–H and O–H groups in total. The molecule has 0 saturated heterocycles. The molecule has 0 aliphatic carbocycles. The van der Waals surface area contributed by atoms with E-state index in [0.29, 0.717) is 30.0 Å². The van der Waals surface area contributed by atoms with E-state index in [1.54, 1.807) is 0 Å². The number of thiocarbonyl (C=S) groups is 1. The third-order valence-electron chi connectivity index (χ3n) is 1.45. The number of nitrogens with zero attached hydrogens (tertiary/aromatic N) is 2. The summed E-state index contributed by atoms with van der Waals surface area (Å²) in [6.07, 6.45) is 2.07. The molecule has 14 heavy (non-hydrogen) atoms. The van der Waals surface area contributed by atoms with E-state index in [4.69, 9.17) is 16.7 Å². The predicted molar refractivity (Wildman–Crippen MR) is 56.9 cm³/mol. The summed E-state index contributed by atoms with van der Waals surface area (Å²) in [6, 6.07) is 0.346. The minimum Gasteiger partial charge on any atom is -0.362 e. The van der Waals surface area contributed by atoms with E-state index in [0.717, 1.165) is 0 Å². The van der Waals surface area contributed by atoms with Crippen LogP contribution in [-0.4, -0.2) is 27.8 Å². The minimum atomic E-state index is 0.346. The molecule has 0 saturated carbocycles. The summed E-state index contributed by atoms with van der Waals surface area (Å²) in [6.45, 7) is 4.76. The van der Waals surface area contributed by atoms with Crippen molar-refractivity contribution in [2.75, 3.05) is 6.54 Å².